The molecule has 0 amide bonds. The van der Waals surface area contributed by atoms with Crippen LogP contribution in [-0.4, -0.2) is 22.2 Å². The Balaban J connectivity index is 2.57. The molecule has 1 aliphatic carbocycles. The summed E-state index contributed by atoms with van der Waals surface area (Å²) in [5.41, 5.74) is 0.912. The minimum atomic E-state index is -0.924. The van der Waals surface area contributed by atoms with Crippen molar-refractivity contribution in [3.8, 4) is 0 Å². The lowest BCUT2D eigenvalue weighted by molar-refractivity contribution is -0.137. The zero-order valence-corrected chi connectivity index (χ0v) is 8.61. The van der Waals surface area contributed by atoms with Gasteiger partial charge in [0, 0.05) is 12.5 Å². The van der Waals surface area contributed by atoms with Crippen LogP contribution in [-0.2, 0) is 9.59 Å². The Morgan fingerprint density at radius 2 is 2.07 bits per heavy atom. The molecule has 15 heavy (non-hydrogen) atoms. The van der Waals surface area contributed by atoms with Crippen molar-refractivity contribution in [2.45, 2.75) is 38.5 Å². The maximum atomic E-state index is 10.6. The zero-order valence-electron chi connectivity index (χ0n) is 8.61. The van der Waals surface area contributed by atoms with E-state index in [1.807, 2.05) is 0 Å². The van der Waals surface area contributed by atoms with Crippen LogP contribution in [0.1, 0.15) is 38.5 Å². The van der Waals surface area contributed by atoms with Gasteiger partial charge in [-0.1, -0.05) is 12.0 Å². The third-order valence-electron chi connectivity index (χ3n) is 2.81. The number of carboxylic acids is 2. The van der Waals surface area contributed by atoms with E-state index in [0.29, 0.717) is 6.42 Å². The maximum Gasteiger partial charge on any atom is 0.328 e. The SMILES string of the molecule is O=C(O)C=C1CCCCC1CCC(=O)O. The lowest BCUT2D eigenvalue weighted by Crippen LogP contribution is -2.13. The Bertz CT molecular complexity index is 280. The Labute approximate surface area is 88.6 Å². The van der Waals surface area contributed by atoms with Crippen molar-refractivity contribution in [1.29, 1.82) is 0 Å². The molecule has 0 spiro atoms. The standard InChI is InChI=1S/C11H16O4/c12-10(13)6-5-8-3-1-2-4-9(8)7-11(14)15/h7-8H,1-6H2,(H,12,13)(H,14,15). The van der Waals surface area contributed by atoms with Crippen molar-refractivity contribution in [2.75, 3.05) is 0 Å². The molecule has 2 N–H and O–H groups in total. The highest BCUT2D eigenvalue weighted by Crippen LogP contribution is 2.32. The average Bonchev–Trinajstić information content (AvgIpc) is 2.15. The topological polar surface area (TPSA) is 74.6 Å². The monoisotopic (exact) mass is 212 g/mol. The van der Waals surface area contributed by atoms with Gasteiger partial charge in [0.25, 0.3) is 0 Å². The maximum absolute atomic E-state index is 10.6. The second-order valence-electron chi connectivity index (χ2n) is 3.93. The number of aliphatic carboxylic acids is 2. The van der Waals surface area contributed by atoms with Crippen molar-refractivity contribution >= 4 is 11.9 Å². The summed E-state index contributed by atoms with van der Waals surface area (Å²) >= 11 is 0. The number of hydrogen-bond donors (Lipinski definition) is 2. The molecule has 0 heterocycles. The zero-order chi connectivity index (χ0) is 11.3. The van der Waals surface area contributed by atoms with E-state index in [-0.39, 0.29) is 12.3 Å². The molecule has 0 saturated heterocycles. The normalized spacial score (nSPS) is 24.0. The summed E-state index contributed by atoms with van der Waals surface area (Å²) in [5.74, 6) is -1.58. The first-order valence-electron chi connectivity index (χ1n) is 5.25. The summed E-state index contributed by atoms with van der Waals surface area (Å²) in [6, 6.07) is 0. The summed E-state index contributed by atoms with van der Waals surface area (Å²) in [6.45, 7) is 0. The molecule has 0 aromatic heterocycles. The van der Waals surface area contributed by atoms with Crippen molar-refractivity contribution in [3.05, 3.63) is 11.6 Å². The quantitative estimate of drug-likeness (QED) is 0.699. The van der Waals surface area contributed by atoms with Gasteiger partial charge in [-0.2, -0.15) is 0 Å². The van der Waals surface area contributed by atoms with Crippen LogP contribution in [0.2, 0.25) is 0 Å². The van der Waals surface area contributed by atoms with Gasteiger partial charge in [-0.15, -0.1) is 0 Å². The van der Waals surface area contributed by atoms with Crippen molar-refractivity contribution in [1.82, 2.24) is 0 Å². The van der Waals surface area contributed by atoms with Crippen molar-refractivity contribution < 1.29 is 19.8 Å². The molecule has 0 bridgehead atoms. The Kier molecular flexibility index (Phi) is 4.34. The highest BCUT2D eigenvalue weighted by molar-refractivity contribution is 5.80. The third kappa shape index (κ3) is 4.14. The fourth-order valence-electron chi connectivity index (χ4n) is 2.09. The minimum absolute atomic E-state index is 0.127. The summed E-state index contributed by atoms with van der Waals surface area (Å²) in [5, 5.41) is 17.2. The Hall–Kier alpha value is -1.32. The molecule has 0 aromatic rings. The van der Waals surface area contributed by atoms with Gasteiger partial charge < -0.3 is 10.2 Å². The van der Waals surface area contributed by atoms with E-state index in [1.54, 1.807) is 0 Å². The van der Waals surface area contributed by atoms with Crippen molar-refractivity contribution in [3.63, 3.8) is 0 Å². The molecular weight excluding hydrogens is 196 g/mol. The first-order valence-corrected chi connectivity index (χ1v) is 5.25. The molecule has 1 aliphatic rings. The summed E-state index contributed by atoms with van der Waals surface area (Å²) < 4.78 is 0. The van der Waals surface area contributed by atoms with Gasteiger partial charge in [0.2, 0.25) is 0 Å². The molecule has 1 rings (SSSR count). The Morgan fingerprint density at radius 1 is 1.33 bits per heavy atom. The highest BCUT2D eigenvalue weighted by atomic mass is 16.4. The van der Waals surface area contributed by atoms with Crippen LogP contribution < -0.4 is 0 Å². The predicted octanol–water partition coefficient (Wildman–Crippen LogP) is 2.05. The lowest BCUT2D eigenvalue weighted by Gasteiger charge is -2.24. The van der Waals surface area contributed by atoms with Crippen LogP contribution in [0, 0.1) is 5.92 Å². The van der Waals surface area contributed by atoms with E-state index in [2.05, 4.69) is 0 Å². The summed E-state index contributed by atoms with van der Waals surface area (Å²) in [4.78, 5) is 21.0. The number of hydrogen-bond acceptors (Lipinski definition) is 2. The van der Waals surface area contributed by atoms with E-state index < -0.39 is 11.9 Å². The smallest absolute Gasteiger partial charge is 0.328 e. The fraction of sp³-hybridized carbons (Fsp3) is 0.636. The van der Waals surface area contributed by atoms with Crippen molar-refractivity contribution in [2.24, 2.45) is 5.92 Å². The lowest BCUT2D eigenvalue weighted by atomic mass is 9.81. The van der Waals surface area contributed by atoms with Gasteiger partial charge in [0.1, 0.15) is 0 Å². The molecule has 0 aliphatic heterocycles. The number of carboxylic acid groups (broad SMARTS) is 2. The second kappa shape index (κ2) is 5.53. The second-order valence-corrected chi connectivity index (χ2v) is 3.93. The molecule has 84 valence electrons. The van der Waals surface area contributed by atoms with Crippen LogP contribution in [0.4, 0.5) is 0 Å². The largest absolute Gasteiger partial charge is 0.481 e. The molecule has 1 atom stereocenters. The van der Waals surface area contributed by atoms with E-state index in [1.165, 1.54) is 6.08 Å². The molecule has 4 nitrogen and oxygen atoms in total. The number of allylic oxidation sites excluding steroid dienone is 1. The van der Waals surface area contributed by atoms with Crippen LogP contribution in [0.5, 0.6) is 0 Å². The third-order valence-corrected chi connectivity index (χ3v) is 2.81. The average molecular weight is 212 g/mol. The number of rotatable bonds is 4. The van der Waals surface area contributed by atoms with E-state index >= 15 is 0 Å². The Morgan fingerprint density at radius 3 is 2.67 bits per heavy atom. The van der Waals surface area contributed by atoms with Gasteiger partial charge in [-0.3, -0.25) is 4.79 Å². The van der Waals surface area contributed by atoms with E-state index in [9.17, 15) is 9.59 Å². The fourth-order valence-corrected chi connectivity index (χ4v) is 2.09. The summed E-state index contributed by atoms with van der Waals surface area (Å²) in [7, 11) is 0. The molecule has 1 fully saturated rings. The highest BCUT2D eigenvalue weighted by Gasteiger charge is 2.20. The van der Waals surface area contributed by atoms with Gasteiger partial charge >= 0.3 is 11.9 Å². The molecule has 4 heteroatoms. The van der Waals surface area contributed by atoms with Gasteiger partial charge in [-0.25, -0.2) is 4.79 Å². The van der Waals surface area contributed by atoms with E-state index in [4.69, 9.17) is 10.2 Å². The molecule has 1 saturated carbocycles. The first-order chi connectivity index (χ1) is 7.09. The molecule has 0 aromatic carbocycles. The van der Waals surface area contributed by atoms with Crippen LogP contribution in [0.25, 0.3) is 0 Å². The molecule has 0 radical (unpaired) electrons. The molecule has 1 unspecified atom stereocenters. The van der Waals surface area contributed by atoms with Crippen LogP contribution in [0.3, 0.4) is 0 Å². The van der Waals surface area contributed by atoms with Gasteiger partial charge in [0.15, 0.2) is 0 Å². The van der Waals surface area contributed by atoms with Gasteiger partial charge in [-0.05, 0) is 31.6 Å². The summed E-state index contributed by atoms with van der Waals surface area (Å²) in [6.07, 6.45) is 5.76. The number of carbonyl (C=O) groups is 2. The minimum Gasteiger partial charge on any atom is -0.481 e. The van der Waals surface area contributed by atoms with Crippen LogP contribution >= 0.6 is 0 Å². The molecular formula is C11H16O4. The van der Waals surface area contributed by atoms with Crippen LogP contribution in [0.15, 0.2) is 11.6 Å². The predicted molar refractivity (Wildman–Crippen MR) is 54.5 cm³/mol. The first kappa shape index (κ1) is 11.8. The van der Waals surface area contributed by atoms with E-state index in [0.717, 1.165) is 31.3 Å². The van der Waals surface area contributed by atoms with Gasteiger partial charge in [0.05, 0.1) is 0 Å².